The van der Waals surface area contributed by atoms with Crippen molar-refractivity contribution in [3.63, 3.8) is 0 Å². The second-order valence-corrected chi connectivity index (χ2v) is 5.36. The number of hydrogen-bond donors (Lipinski definition) is 1. The molecule has 1 aromatic rings. The fourth-order valence-electron chi connectivity index (χ4n) is 2.86. The monoisotopic (exact) mass is 260 g/mol. The van der Waals surface area contributed by atoms with E-state index < -0.39 is 0 Å². The summed E-state index contributed by atoms with van der Waals surface area (Å²) in [5.41, 5.74) is 7.54. The molecule has 1 heterocycles. The Morgan fingerprint density at radius 1 is 1.42 bits per heavy atom. The van der Waals surface area contributed by atoms with Crippen molar-refractivity contribution >= 4 is 5.91 Å². The molecule has 0 spiro atoms. The molecule has 1 aliphatic rings. The van der Waals surface area contributed by atoms with Gasteiger partial charge in [-0.1, -0.05) is 31.5 Å². The van der Waals surface area contributed by atoms with Gasteiger partial charge in [-0.15, -0.1) is 0 Å². The van der Waals surface area contributed by atoms with Crippen LogP contribution < -0.4 is 5.73 Å². The van der Waals surface area contributed by atoms with E-state index in [-0.39, 0.29) is 5.91 Å². The molecule has 104 valence electrons. The van der Waals surface area contributed by atoms with E-state index in [0.717, 1.165) is 43.5 Å². The van der Waals surface area contributed by atoms with Crippen LogP contribution in [0, 0.1) is 5.92 Å². The van der Waals surface area contributed by atoms with Gasteiger partial charge in [-0.25, -0.2) is 0 Å². The Labute approximate surface area is 115 Å². The summed E-state index contributed by atoms with van der Waals surface area (Å²) in [6.07, 6.45) is 4.31. The Balaban J connectivity index is 2.14. The summed E-state index contributed by atoms with van der Waals surface area (Å²) < 4.78 is 0. The fourth-order valence-corrected chi connectivity index (χ4v) is 2.86. The van der Waals surface area contributed by atoms with E-state index in [1.807, 2.05) is 29.2 Å². The third kappa shape index (κ3) is 3.35. The first-order chi connectivity index (χ1) is 9.26. The van der Waals surface area contributed by atoms with E-state index in [4.69, 9.17) is 5.73 Å². The van der Waals surface area contributed by atoms with E-state index in [2.05, 4.69) is 6.92 Å². The van der Waals surface area contributed by atoms with E-state index >= 15 is 0 Å². The highest BCUT2D eigenvalue weighted by molar-refractivity contribution is 5.95. The van der Waals surface area contributed by atoms with Gasteiger partial charge in [0.25, 0.3) is 5.91 Å². The van der Waals surface area contributed by atoms with Crippen molar-refractivity contribution in [1.82, 2.24) is 4.90 Å². The number of carbonyl (C=O) groups is 1. The van der Waals surface area contributed by atoms with Crippen molar-refractivity contribution in [2.75, 3.05) is 19.6 Å². The minimum Gasteiger partial charge on any atom is -0.338 e. The first-order valence-corrected chi connectivity index (χ1v) is 7.33. The molecule has 1 aliphatic heterocycles. The van der Waals surface area contributed by atoms with E-state index in [1.165, 1.54) is 6.42 Å². The standard InChI is InChI=1S/C16H24N2O/c1-2-13-6-5-11-18(12-13)16(19)15-8-4-3-7-14(15)9-10-17/h3-4,7-8,13H,2,5-6,9-12,17H2,1H3. The van der Waals surface area contributed by atoms with Crippen molar-refractivity contribution in [2.24, 2.45) is 11.7 Å². The van der Waals surface area contributed by atoms with E-state index in [1.54, 1.807) is 0 Å². The highest BCUT2D eigenvalue weighted by atomic mass is 16.2. The van der Waals surface area contributed by atoms with Gasteiger partial charge in [0.05, 0.1) is 0 Å². The Hall–Kier alpha value is -1.35. The molecule has 1 aromatic carbocycles. The maximum absolute atomic E-state index is 12.6. The lowest BCUT2D eigenvalue weighted by atomic mass is 9.94. The number of benzene rings is 1. The van der Waals surface area contributed by atoms with Gasteiger partial charge in [-0.3, -0.25) is 4.79 Å². The maximum Gasteiger partial charge on any atom is 0.254 e. The number of amides is 1. The van der Waals surface area contributed by atoms with Gasteiger partial charge < -0.3 is 10.6 Å². The zero-order valence-electron chi connectivity index (χ0n) is 11.8. The molecular weight excluding hydrogens is 236 g/mol. The summed E-state index contributed by atoms with van der Waals surface area (Å²) in [5.74, 6) is 0.849. The van der Waals surface area contributed by atoms with Crippen molar-refractivity contribution in [3.8, 4) is 0 Å². The molecule has 0 bridgehead atoms. The first kappa shape index (κ1) is 14.1. The molecule has 3 heteroatoms. The minimum absolute atomic E-state index is 0.183. The molecule has 3 nitrogen and oxygen atoms in total. The van der Waals surface area contributed by atoms with Gasteiger partial charge in [0, 0.05) is 18.7 Å². The number of likely N-dealkylation sites (tertiary alicyclic amines) is 1. The van der Waals surface area contributed by atoms with Crippen molar-refractivity contribution in [3.05, 3.63) is 35.4 Å². The zero-order chi connectivity index (χ0) is 13.7. The molecule has 0 aromatic heterocycles. The average Bonchev–Trinajstić information content (AvgIpc) is 2.47. The molecule has 1 atom stereocenters. The third-order valence-electron chi connectivity index (χ3n) is 4.05. The summed E-state index contributed by atoms with van der Waals surface area (Å²) in [6, 6.07) is 7.87. The zero-order valence-corrected chi connectivity index (χ0v) is 11.8. The SMILES string of the molecule is CCC1CCCN(C(=O)c2ccccc2CCN)C1. The van der Waals surface area contributed by atoms with Gasteiger partial charge in [0.2, 0.25) is 0 Å². The summed E-state index contributed by atoms with van der Waals surface area (Å²) in [6.45, 7) is 4.60. The number of hydrogen-bond acceptors (Lipinski definition) is 2. The van der Waals surface area contributed by atoms with Crippen LogP contribution in [0.1, 0.15) is 42.1 Å². The lowest BCUT2D eigenvalue weighted by molar-refractivity contribution is 0.0670. The molecule has 1 amide bonds. The average molecular weight is 260 g/mol. The lowest BCUT2D eigenvalue weighted by Crippen LogP contribution is -2.40. The normalized spacial score (nSPS) is 19.5. The molecule has 2 rings (SSSR count). The molecule has 2 N–H and O–H groups in total. The van der Waals surface area contributed by atoms with Crippen LogP contribution >= 0.6 is 0 Å². The van der Waals surface area contributed by atoms with Crippen LogP contribution in [0.15, 0.2) is 24.3 Å². The van der Waals surface area contributed by atoms with Crippen LogP contribution in [0.25, 0.3) is 0 Å². The largest absolute Gasteiger partial charge is 0.338 e. The maximum atomic E-state index is 12.6. The molecular formula is C16H24N2O. The predicted octanol–water partition coefficient (Wildman–Crippen LogP) is 2.45. The number of carbonyl (C=O) groups excluding carboxylic acids is 1. The fraction of sp³-hybridized carbons (Fsp3) is 0.562. The van der Waals surface area contributed by atoms with E-state index in [9.17, 15) is 4.79 Å². The smallest absolute Gasteiger partial charge is 0.254 e. The number of piperidine rings is 1. The Morgan fingerprint density at radius 2 is 2.21 bits per heavy atom. The minimum atomic E-state index is 0.183. The predicted molar refractivity (Wildman–Crippen MR) is 78.1 cm³/mol. The Morgan fingerprint density at radius 3 is 2.95 bits per heavy atom. The van der Waals surface area contributed by atoms with Crippen LogP contribution in [-0.2, 0) is 6.42 Å². The third-order valence-corrected chi connectivity index (χ3v) is 4.05. The lowest BCUT2D eigenvalue weighted by Gasteiger charge is -2.32. The quantitative estimate of drug-likeness (QED) is 0.904. The van der Waals surface area contributed by atoms with Crippen LogP contribution in [-0.4, -0.2) is 30.4 Å². The second kappa shape index (κ2) is 6.71. The first-order valence-electron chi connectivity index (χ1n) is 7.33. The number of nitrogens with two attached hydrogens (primary N) is 1. The van der Waals surface area contributed by atoms with Gasteiger partial charge in [-0.2, -0.15) is 0 Å². The molecule has 0 saturated carbocycles. The highest BCUT2D eigenvalue weighted by Crippen LogP contribution is 2.22. The Kier molecular flexibility index (Phi) is 4.97. The molecule has 1 fully saturated rings. The van der Waals surface area contributed by atoms with Crippen molar-refractivity contribution < 1.29 is 4.79 Å². The van der Waals surface area contributed by atoms with Crippen LogP contribution in [0.2, 0.25) is 0 Å². The Bertz CT molecular complexity index is 431. The summed E-state index contributed by atoms with van der Waals surface area (Å²) in [7, 11) is 0. The van der Waals surface area contributed by atoms with Crippen molar-refractivity contribution in [2.45, 2.75) is 32.6 Å². The summed E-state index contributed by atoms with van der Waals surface area (Å²) >= 11 is 0. The van der Waals surface area contributed by atoms with Gasteiger partial charge in [0.15, 0.2) is 0 Å². The topological polar surface area (TPSA) is 46.3 Å². The summed E-state index contributed by atoms with van der Waals surface area (Å²) in [5, 5.41) is 0. The molecule has 19 heavy (non-hydrogen) atoms. The molecule has 1 saturated heterocycles. The number of rotatable bonds is 4. The van der Waals surface area contributed by atoms with Gasteiger partial charge in [-0.05, 0) is 43.4 Å². The van der Waals surface area contributed by atoms with Crippen LogP contribution in [0.4, 0.5) is 0 Å². The summed E-state index contributed by atoms with van der Waals surface area (Å²) in [4.78, 5) is 14.7. The van der Waals surface area contributed by atoms with Crippen LogP contribution in [0.3, 0.4) is 0 Å². The molecule has 1 unspecified atom stereocenters. The number of nitrogens with zero attached hydrogens (tertiary/aromatic N) is 1. The molecule has 0 aliphatic carbocycles. The highest BCUT2D eigenvalue weighted by Gasteiger charge is 2.24. The van der Waals surface area contributed by atoms with Gasteiger partial charge >= 0.3 is 0 Å². The van der Waals surface area contributed by atoms with E-state index in [0.29, 0.717) is 12.5 Å². The van der Waals surface area contributed by atoms with Gasteiger partial charge in [0.1, 0.15) is 0 Å². The second-order valence-electron chi connectivity index (χ2n) is 5.36. The van der Waals surface area contributed by atoms with Crippen molar-refractivity contribution in [1.29, 1.82) is 0 Å². The van der Waals surface area contributed by atoms with Crippen LogP contribution in [0.5, 0.6) is 0 Å². The molecule has 0 radical (unpaired) electrons.